The molecule has 0 bridgehead atoms. The molecule has 0 spiro atoms. The number of nitrogens with one attached hydrogen (secondary N) is 1. The predicted molar refractivity (Wildman–Crippen MR) is 67.4 cm³/mol. The highest BCUT2D eigenvalue weighted by molar-refractivity contribution is 6.00. The van der Waals surface area contributed by atoms with E-state index in [1.807, 2.05) is 6.07 Å². The number of rotatable bonds is 2. The summed E-state index contributed by atoms with van der Waals surface area (Å²) in [7, 11) is 0. The van der Waals surface area contributed by atoms with Gasteiger partial charge < -0.3 is 5.32 Å². The fraction of sp³-hybridized carbons (Fsp3) is 0.429. The van der Waals surface area contributed by atoms with Gasteiger partial charge in [0.2, 0.25) is 5.91 Å². The molecule has 0 unspecified atom stereocenters. The van der Waals surface area contributed by atoms with Gasteiger partial charge in [0.1, 0.15) is 0 Å². The third-order valence-corrected chi connectivity index (χ3v) is 3.62. The van der Waals surface area contributed by atoms with Gasteiger partial charge in [-0.25, -0.2) is 0 Å². The first-order chi connectivity index (χ1) is 8.72. The minimum absolute atomic E-state index is 0.0819. The average molecular weight is 244 g/mol. The molecule has 1 aromatic carbocycles. The highest BCUT2D eigenvalue weighted by Gasteiger charge is 2.21. The van der Waals surface area contributed by atoms with E-state index in [4.69, 9.17) is 0 Å². The van der Waals surface area contributed by atoms with E-state index in [1.54, 1.807) is 0 Å². The first kappa shape index (κ1) is 11.4. The Morgan fingerprint density at radius 2 is 2.11 bits per heavy atom. The van der Waals surface area contributed by atoms with Crippen LogP contribution in [0.4, 0.5) is 0 Å². The molecule has 3 rings (SSSR count). The number of carbonyl (C=O) groups excluding carboxylic acids is 2. The van der Waals surface area contributed by atoms with Crippen LogP contribution in [0.1, 0.15) is 27.9 Å². The lowest BCUT2D eigenvalue weighted by Gasteiger charge is -2.26. The summed E-state index contributed by atoms with van der Waals surface area (Å²) in [5, 5.41) is 2.81. The van der Waals surface area contributed by atoms with Crippen molar-refractivity contribution in [2.75, 3.05) is 19.6 Å². The molecule has 1 aromatic rings. The summed E-state index contributed by atoms with van der Waals surface area (Å²) >= 11 is 0. The summed E-state index contributed by atoms with van der Waals surface area (Å²) in [4.78, 5) is 25.1. The molecule has 0 aromatic heterocycles. The smallest absolute Gasteiger partial charge is 0.234 e. The highest BCUT2D eigenvalue weighted by atomic mass is 16.2. The molecule has 94 valence electrons. The van der Waals surface area contributed by atoms with Crippen LogP contribution in [0.5, 0.6) is 0 Å². The van der Waals surface area contributed by atoms with Crippen molar-refractivity contribution in [2.24, 2.45) is 0 Å². The Balaban J connectivity index is 1.75. The van der Waals surface area contributed by atoms with Crippen LogP contribution < -0.4 is 5.32 Å². The zero-order valence-electron chi connectivity index (χ0n) is 10.2. The fourth-order valence-corrected chi connectivity index (χ4v) is 2.67. The number of Topliss-reactive ketones (excluding diaryl/α,β-unsaturated/α-hetero) is 1. The minimum atomic E-state index is 0.0819. The van der Waals surface area contributed by atoms with Crippen molar-refractivity contribution >= 4 is 11.7 Å². The Hall–Kier alpha value is -1.68. The Morgan fingerprint density at radius 3 is 2.94 bits per heavy atom. The number of benzene rings is 1. The lowest BCUT2D eigenvalue weighted by atomic mass is 10.1. The molecule has 1 saturated heterocycles. The normalized spacial score (nSPS) is 19.8. The number of aryl methyl sites for hydroxylation is 1. The largest absolute Gasteiger partial charge is 0.354 e. The fourth-order valence-electron chi connectivity index (χ4n) is 2.67. The Bertz CT molecular complexity index is 511. The number of nitrogens with zero attached hydrogens (tertiary/aromatic N) is 1. The maximum atomic E-state index is 11.7. The van der Waals surface area contributed by atoms with Gasteiger partial charge in [-0.3, -0.25) is 14.5 Å². The van der Waals surface area contributed by atoms with Gasteiger partial charge >= 0.3 is 0 Å². The molecular weight excluding hydrogens is 228 g/mol. The summed E-state index contributed by atoms with van der Waals surface area (Å²) in [5.74, 6) is 0.335. The molecule has 1 amide bonds. The van der Waals surface area contributed by atoms with E-state index >= 15 is 0 Å². The Morgan fingerprint density at radius 1 is 1.22 bits per heavy atom. The molecule has 1 fully saturated rings. The lowest BCUT2D eigenvalue weighted by Crippen LogP contribution is -2.47. The molecule has 4 nitrogen and oxygen atoms in total. The van der Waals surface area contributed by atoms with Gasteiger partial charge in [-0.05, 0) is 23.6 Å². The topological polar surface area (TPSA) is 49.4 Å². The van der Waals surface area contributed by atoms with Crippen molar-refractivity contribution in [2.45, 2.75) is 19.4 Å². The quantitative estimate of drug-likeness (QED) is 0.835. The Labute approximate surface area is 106 Å². The van der Waals surface area contributed by atoms with Gasteiger partial charge in [0, 0.05) is 31.6 Å². The molecule has 1 N–H and O–H groups in total. The number of hydrogen-bond acceptors (Lipinski definition) is 3. The molecule has 1 aliphatic heterocycles. The van der Waals surface area contributed by atoms with Crippen LogP contribution in [0, 0.1) is 0 Å². The monoisotopic (exact) mass is 244 g/mol. The van der Waals surface area contributed by atoms with Crippen LogP contribution in [0.25, 0.3) is 0 Å². The zero-order valence-corrected chi connectivity index (χ0v) is 10.2. The minimum Gasteiger partial charge on any atom is -0.354 e. The molecule has 18 heavy (non-hydrogen) atoms. The van der Waals surface area contributed by atoms with E-state index in [2.05, 4.69) is 22.3 Å². The SMILES string of the molecule is O=C1CN(Cc2ccc3c(c2)C(=O)CC3)CCN1. The van der Waals surface area contributed by atoms with Crippen molar-refractivity contribution in [3.8, 4) is 0 Å². The molecule has 4 heteroatoms. The zero-order chi connectivity index (χ0) is 12.5. The van der Waals surface area contributed by atoms with E-state index in [0.29, 0.717) is 19.5 Å². The summed E-state index contributed by atoms with van der Waals surface area (Å²) in [6.45, 7) is 2.78. The van der Waals surface area contributed by atoms with Crippen molar-refractivity contribution in [1.82, 2.24) is 10.2 Å². The van der Waals surface area contributed by atoms with E-state index < -0.39 is 0 Å². The number of fused-ring (bicyclic) bond motifs is 1. The third-order valence-electron chi connectivity index (χ3n) is 3.62. The van der Waals surface area contributed by atoms with Crippen LogP contribution in [-0.2, 0) is 17.8 Å². The first-order valence-electron chi connectivity index (χ1n) is 6.36. The van der Waals surface area contributed by atoms with Gasteiger partial charge in [0.25, 0.3) is 0 Å². The van der Waals surface area contributed by atoms with Gasteiger partial charge in [0.05, 0.1) is 6.54 Å². The van der Waals surface area contributed by atoms with Crippen LogP contribution in [-0.4, -0.2) is 36.2 Å². The van der Waals surface area contributed by atoms with Crippen molar-refractivity contribution in [3.05, 3.63) is 34.9 Å². The van der Waals surface area contributed by atoms with E-state index in [-0.39, 0.29) is 11.7 Å². The van der Waals surface area contributed by atoms with Crippen molar-refractivity contribution < 1.29 is 9.59 Å². The van der Waals surface area contributed by atoms with Crippen LogP contribution >= 0.6 is 0 Å². The number of carbonyl (C=O) groups is 2. The Kier molecular flexibility index (Phi) is 2.88. The molecule has 0 radical (unpaired) electrons. The van der Waals surface area contributed by atoms with Gasteiger partial charge in [0.15, 0.2) is 5.78 Å². The average Bonchev–Trinajstić information content (AvgIpc) is 2.71. The highest BCUT2D eigenvalue weighted by Crippen LogP contribution is 2.23. The summed E-state index contributed by atoms with van der Waals surface area (Å²) in [5.41, 5.74) is 3.17. The van der Waals surface area contributed by atoms with Crippen molar-refractivity contribution in [3.63, 3.8) is 0 Å². The predicted octanol–water partition coefficient (Wildman–Crippen LogP) is 0.747. The maximum absolute atomic E-state index is 11.7. The summed E-state index contributed by atoms with van der Waals surface area (Å²) in [6, 6.07) is 6.13. The second-order valence-electron chi connectivity index (χ2n) is 4.98. The third kappa shape index (κ3) is 2.16. The van der Waals surface area contributed by atoms with E-state index in [1.165, 1.54) is 5.56 Å². The second-order valence-corrected chi connectivity index (χ2v) is 4.98. The van der Waals surface area contributed by atoms with Gasteiger partial charge in [-0.1, -0.05) is 12.1 Å². The number of amides is 1. The maximum Gasteiger partial charge on any atom is 0.234 e. The van der Waals surface area contributed by atoms with Crippen LogP contribution in [0.2, 0.25) is 0 Å². The van der Waals surface area contributed by atoms with Crippen LogP contribution in [0.15, 0.2) is 18.2 Å². The molecule has 0 saturated carbocycles. The molecule has 1 heterocycles. The lowest BCUT2D eigenvalue weighted by molar-refractivity contribution is -0.124. The van der Waals surface area contributed by atoms with E-state index in [0.717, 1.165) is 30.6 Å². The molecule has 2 aliphatic rings. The van der Waals surface area contributed by atoms with Crippen molar-refractivity contribution in [1.29, 1.82) is 0 Å². The summed E-state index contributed by atoms with van der Waals surface area (Å²) < 4.78 is 0. The molecule has 0 atom stereocenters. The summed E-state index contributed by atoms with van der Waals surface area (Å²) in [6.07, 6.45) is 1.52. The molecule has 1 aliphatic carbocycles. The van der Waals surface area contributed by atoms with Gasteiger partial charge in [-0.15, -0.1) is 0 Å². The second kappa shape index (κ2) is 4.53. The number of hydrogen-bond donors (Lipinski definition) is 1. The molecular formula is C14H16N2O2. The van der Waals surface area contributed by atoms with Crippen LogP contribution in [0.3, 0.4) is 0 Å². The first-order valence-corrected chi connectivity index (χ1v) is 6.36. The number of ketones is 1. The van der Waals surface area contributed by atoms with E-state index in [9.17, 15) is 9.59 Å². The standard InChI is InChI=1S/C14H16N2O2/c17-13-4-3-11-2-1-10(7-12(11)13)8-16-6-5-15-14(18)9-16/h1-2,7H,3-6,8-9H2,(H,15,18). The number of piperazine rings is 1. The van der Waals surface area contributed by atoms with Gasteiger partial charge in [-0.2, -0.15) is 0 Å².